The zero-order valence-corrected chi connectivity index (χ0v) is 16.4. The summed E-state index contributed by atoms with van der Waals surface area (Å²) in [4.78, 5) is 11.9. The smallest absolute Gasteiger partial charge is 0.247 e. The SMILES string of the molecule is COc1ccc(F)cc1S(=O)(=O)N1CCc2c(c(NC(=O)C3CC3)nn2C)C1. The van der Waals surface area contributed by atoms with E-state index in [9.17, 15) is 17.6 Å². The molecular weight excluding hydrogens is 387 g/mol. The Hall–Kier alpha value is -2.46. The van der Waals surface area contributed by atoms with E-state index in [1.165, 1.54) is 17.5 Å². The average molecular weight is 408 g/mol. The fourth-order valence-electron chi connectivity index (χ4n) is 3.43. The lowest BCUT2D eigenvalue weighted by atomic mass is 10.1. The van der Waals surface area contributed by atoms with Crippen LogP contribution in [0.2, 0.25) is 0 Å². The number of nitrogens with zero attached hydrogens (tertiary/aromatic N) is 3. The van der Waals surface area contributed by atoms with Gasteiger partial charge in [0.2, 0.25) is 15.9 Å². The number of aryl methyl sites for hydroxylation is 1. The number of carbonyl (C=O) groups excluding carboxylic acids is 1. The van der Waals surface area contributed by atoms with Crippen molar-refractivity contribution in [2.24, 2.45) is 13.0 Å². The van der Waals surface area contributed by atoms with Crippen LogP contribution in [0.3, 0.4) is 0 Å². The highest BCUT2D eigenvalue weighted by atomic mass is 32.2. The van der Waals surface area contributed by atoms with Gasteiger partial charge in [0, 0.05) is 43.7 Å². The van der Waals surface area contributed by atoms with Crippen LogP contribution in [-0.2, 0) is 34.8 Å². The van der Waals surface area contributed by atoms with E-state index in [1.54, 1.807) is 11.7 Å². The molecule has 1 saturated carbocycles. The molecule has 1 aromatic carbocycles. The van der Waals surface area contributed by atoms with E-state index in [0.29, 0.717) is 17.8 Å². The molecule has 0 radical (unpaired) electrons. The first kappa shape index (κ1) is 18.9. The lowest BCUT2D eigenvalue weighted by Crippen LogP contribution is -2.36. The van der Waals surface area contributed by atoms with Gasteiger partial charge in [-0.15, -0.1) is 0 Å². The zero-order chi connectivity index (χ0) is 20.1. The van der Waals surface area contributed by atoms with Crippen LogP contribution < -0.4 is 10.1 Å². The number of rotatable bonds is 5. The van der Waals surface area contributed by atoms with Crippen LogP contribution in [0.25, 0.3) is 0 Å². The molecule has 0 saturated heterocycles. The quantitative estimate of drug-likeness (QED) is 0.812. The number of benzene rings is 1. The number of hydrogen-bond donors (Lipinski definition) is 1. The molecule has 0 atom stereocenters. The Kier molecular flexibility index (Phi) is 4.62. The van der Waals surface area contributed by atoms with Gasteiger partial charge in [-0.1, -0.05) is 0 Å². The number of aromatic nitrogens is 2. The van der Waals surface area contributed by atoms with Crippen LogP contribution in [0, 0.1) is 11.7 Å². The Labute approximate surface area is 162 Å². The first-order valence-corrected chi connectivity index (χ1v) is 10.4. The maximum atomic E-state index is 13.7. The van der Waals surface area contributed by atoms with Gasteiger partial charge in [0.15, 0.2) is 5.82 Å². The number of amides is 1. The summed E-state index contributed by atoms with van der Waals surface area (Å²) in [5.41, 5.74) is 1.55. The molecule has 150 valence electrons. The molecular formula is C18H21FN4O4S. The number of anilines is 1. The molecule has 4 rings (SSSR count). The summed E-state index contributed by atoms with van der Waals surface area (Å²) in [6.07, 6.45) is 2.16. The number of ether oxygens (including phenoxy) is 1. The van der Waals surface area contributed by atoms with E-state index in [1.807, 2.05) is 0 Å². The molecule has 1 amide bonds. The Balaban J connectivity index is 1.66. The van der Waals surface area contributed by atoms with Crippen LogP contribution in [-0.4, -0.2) is 42.1 Å². The maximum absolute atomic E-state index is 13.7. The fraction of sp³-hybridized carbons (Fsp3) is 0.444. The van der Waals surface area contributed by atoms with E-state index in [2.05, 4.69) is 10.4 Å². The Morgan fingerprint density at radius 2 is 2.11 bits per heavy atom. The van der Waals surface area contributed by atoms with Gasteiger partial charge in [-0.2, -0.15) is 9.40 Å². The third-order valence-electron chi connectivity index (χ3n) is 5.14. The highest BCUT2D eigenvalue weighted by Gasteiger charge is 2.36. The summed E-state index contributed by atoms with van der Waals surface area (Å²) in [5, 5.41) is 7.18. The second-order valence-electron chi connectivity index (χ2n) is 7.04. The highest BCUT2D eigenvalue weighted by molar-refractivity contribution is 7.89. The predicted octanol–water partition coefficient (Wildman–Crippen LogP) is 1.66. The molecule has 0 bridgehead atoms. The molecule has 0 unspecified atom stereocenters. The van der Waals surface area contributed by atoms with E-state index in [0.717, 1.165) is 30.7 Å². The van der Waals surface area contributed by atoms with Crippen molar-refractivity contribution in [1.29, 1.82) is 0 Å². The molecule has 10 heteroatoms. The minimum Gasteiger partial charge on any atom is -0.495 e. The molecule has 2 aromatic rings. The van der Waals surface area contributed by atoms with Gasteiger partial charge in [0.05, 0.1) is 7.11 Å². The molecule has 28 heavy (non-hydrogen) atoms. The number of sulfonamides is 1. The van der Waals surface area contributed by atoms with Crippen molar-refractivity contribution >= 4 is 21.7 Å². The summed E-state index contributed by atoms with van der Waals surface area (Å²) in [7, 11) is -0.882. The van der Waals surface area contributed by atoms with Gasteiger partial charge in [-0.25, -0.2) is 12.8 Å². The molecule has 2 aliphatic rings. The van der Waals surface area contributed by atoms with E-state index in [4.69, 9.17) is 4.74 Å². The second kappa shape index (κ2) is 6.85. The average Bonchev–Trinajstić information content (AvgIpc) is 3.48. The summed E-state index contributed by atoms with van der Waals surface area (Å²) in [6.45, 7) is 0.274. The highest BCUT2D eigenvalue weighted by Crippen LogP contribution is 2.34. The zero-order valence-electron chi connectivity index (χ0n) is 15.6. The fourth-order valence-corrected chi connectivity index (χ4v) is 5.00. The van der Waals surface area contributed by atoms with Gasteiger partial charge in [-0.3, -0.25) is 9.48 Å². The molecule has 1 aliphatic carbocycles. The topological polar surface area (TPSA) is 93.5 Å². The van der Waals surface area contributed by atoms with Gasteiger partial charge < -0.3 is 10.1 Å². The van der Waals surface area contributed by atoms with Crippen molar-refractivity contribution in [3.8, 4) is 5.75 Å². The van der Waals surface area contributed by atoms with Crippen molar-refractivity contribution in [3.05, 3.63) is 35.3 Å². The standard InChI is InChI=1S/C18H21FN4O4S/c1-22-14-7-8-23(10-13(14)17(21-22)20-18(24)11-3-4-11)28(25,26)16-9-12(19)5-6-15(16)27-2/h5-6,9,11H,3-4,7-8,10H2,1-2H3,(H,20,21,24). The largest absolute Gasteiger partial charge is 0.495 e. The minimum atomic E-state index is -3.99. The van der Waals surface area contributed by atoms with Crippen molar-refractivity contribution in [3.63, 3.8) is 0 Å². The van der Waals surface area contributed by atoms with Crippen LogP contribution in [0.1, 0.15) is 24.1 Å². The third kappa shape index (κ3) is 3.26. The first-order chi connectivity index (χ1) is 13.3. The molecule has 0 spiro atoms. The summed E-state index contributed by atoms with van der Waals surface area (Å²) in [6, 6.07) is 3.41. The third-order valence-corrected chi connectivity index (χ3v) is 7.01. The van der Waals surface area contributed by atoms with Crippen LogP contribution in [0.4, 0.5) is 10.2 Å². The van der Waals surface area contributed by atoms with Gasteiger partial charge >= 0.3 is 0 Å². The van der Waals surface area contributed by atoms with E-state index < -0.39 is 15.8 Å². The van der Waals surface area contributed by atoms with Crippen LogP contribution in [0.5, 0.6) is 5.75 Å². The van der Waals surface area contributed by atoms with E-state index in [-0.39, 0.29) is 35.6 Å². The predicted molar refractivity (Wildman–Crippen MR) is 98.8 cm³/mol. The van der Waals surface area contributed by atoms with Crippen LogP contribution in [0.15, 0.2) is 23.1 Å². The second-order valence-corrected chi connectivity index (χ2v) is 8.95. The van der Waals surface area contributed by atoms with E-state index >= 15 is 0 Å². The van der Waals surface area contributed by atoms with Crippen molar-refractivity contribution in [2.45, 2.75) is 30.7 Å². The number of methoxy groups -OCH3 is 1. The summed E-state index contributed by atoms with van der Waals surface area (Å²) < 4.78 is 48.1. The molecule has 1 aromatic heterocycles. The first-order valence-electron chi connectivity index (χ1n) is 9.00. The maximum Gasteiger partial charge on any atom is 0.247 e. The molecule has 1 N–H and O–H groups in total. The Bertz CT molecular complexity index is 1050. The number of halogens is 1. The van der Waals surface area contributed by atoms with Crippen molar-refractivity contribution in [1.82, 2.24) is 14.1 Å². The molecule has 2 heterocycles. The monoisotopic (exact) mass is 408 g/mol. The molecule has 1 fully saturated rings. The van der Waals surface area contributed by atoms with Crippen molar-refractivity contribution in [2.75, 3.05) is 19.0 Å². The minimum absolute atomic E-state index is 0.0117. The lowest BCUT2D eigenvalue weighted by Gasteiger charge is -2.27. The normalized spacial score (nSPS) is 17.2. The van der Waals surface area contributed by atoms with Gasteiger partial charge in [0.1, 0.15) is 16.5 Å². The lowest BCUT2D eigenvalue weighted by molar-refractivity contribution is -0.117. The van der Waals surface area contributed by atoms with Crippen LogP contribution >= 0.6 is 0 Å². The number of nitrogens with one attached hydrogen (secondary N) is 1. The Morgan fingerprint density at radius 3 is 2.79 bits per heavy atom. The number of carbonyl (C=O) groups is 1. The molecule has 8 nitrogen and oxygen atoms in total. The Morgan fingerprint density at radius 1 is 1.36 bits per heavy atom. The summed E-state index contributed by atoms with van der Waals surface area (Å²) in [5.74, 6) is -0.262. The number of hydrogen-bond acceptors (Lipinski definition) is 5. The number of fused-ring (bicyclic) bond motifs is 1. The van der Waals surface area contributed by atoms with Crippen molar-refractivity contribution < 1.29 is 22.3 Å². The van der Waals surface area contributed by atoms with Gasteiger partial charge in [0.25, 0.3) is 0 Å². The van der Waals surface area contributed by atoms with Gasteiger partial charge in [-0.05, 0) is 31.0 Å². The summed E-state index contributed by atoms with van der Waals surface area (Å²) >= 11 is 0. The molecule has 1 aliphatic heterocycles.